The molecule has 3 aromatic rings. The van der Waals surface area contributed by atoms with Crippen LogP contribution < -0.4 is 5.56 Å². The minimum Gasteiger partial charge on any atom is -0.334 e. The van der Waals surface area contributed by atoms with Gasteiger partial charge in [-0.25, -0.2) is 4.98 Å². The van der Waals surface area contributed by atoms with Crippen molar-refractivity contribution in [2.45, 2.75) is 33.0 Å². The molecule has 0 bridgehead atoms. The molecule has 6 nitrogen and oxygen atoms in total. The molecule has 6 heteroatoms. The number of nitriles is 1. The van der Waals surface area contributed by atoms with Crippen molar-refractivity contribution in [1.29, 1.82) is 5.26 Å². The Balaban J connectivity index is 1.87. The lowest BCUT2D eigenvalue weighted by Gasteiger charge is -2.27. The largest absolute Gasteiger partial charge is 0.334 e. The highest BCUT2D eigenvalue weighted by atomic mass is 16.2. The van der Waals surface area contributed by atoms with Gasteiger partial charge in [-0.05, 0) is 43.7 Å². The fourth-order valence-corrected chi connectivity index (χ4v) is 2.94. The summed E-state index contributed by atoms with van der Waals surface area (Å²) in [6.07, 6.45) is 1.25. The molecule has 0 aliphatic rings. The predicted octanol–water partition coefficient (Wildman–Crippen LogP) is 2.71. The van der Waals surface area contributed by atoms with Crippen molar-refractivity contribution >= 4 is 16.9 Å². The fraction of sp³-hybridized carbons (Fsp3) is 0.238. The SMILES string of the molecule is CC(C)N(Cc1ccc(C#N)cc1)C(=O)Cn1c(=O)cnc2ccccc21. The number of para-hydroxylation sites is 2. The van der Waals surface area contributed by atoms with Gasteiger partial charge in [0.2, 0.25) is 5.91 Å². The van der Waals surface area contributed by atoms with Crippen LogP contribution in [0.5, 0.6) is 0 Å². The van der Waals surface area contributed by atoms with Crippen LogP contribution in [0.1, 0.15) is 25.0 Å². The zero-order valence-corrected chi connectivity index (χ0v) is 15.3. The van der Waals surface area contributed by atoms with E-state index in [1.165, 1.54) is 10.8 Å². The Kier molecular flexibility index (Phi) is 5.32. The summed E-state index contributed by atoms with van der Waals surface area (Å²) in [5, 5.41) is 8.91. The van der Waals surface area contributed by atoms with E-state index in [1.54, 1.807) is 23.1 Å². The van der Waals surface area contributed by atoms with Gasteiger partial charge in [-0.15, -0.1) is 0 Å². The standard InChI is InChI=1S/C21H20N4O2/c1-15(2)24(13-17-9-7-16(11-22)8-10-17)21(27)14-25-19-6-4-3-5-18(19)23-12-20(25)26/h3-10,12,15H,13-14H2,1-2H3. The number of hydrogen-bond donors (Lipinski definition) is 0. The van der Waals surface area contributed by atoms with Gasteiger partial charge < -0.3 is 4.90 Å². The molecule has 0 atom stereocenters. The molecule has 0 spiro atoms. The van der Waals surface area contributed by atoms with Gasteiger partial charge in [0, 0.05) is 12.6 Å². The second-order valence-electron chi connectivity index (χ2n) is 6.60. The average Bonchev–Trinajstić information content (AvgIpc) is 2.68. The maximum absolute atomic E-state index is 13.0. The topological polar surface area (TPSA) is 79.0 Å². The van der Waals surface area contributed by atoms with Crippen LogP contribution in [0.15, 0.2) is 59.5 Å². The highest BCUT2D eigenvalue weighted by molar-refractivity contribution is 5.80. The first-order valence-corrected chi connectivity index (χ1v) is 8.72. The third-order valence-electron chi connectivity index (χ3n) is 4.43. The van der Waals surface area contributed by atoms with Crippen molar-refractivity contribution in [2.24, 2.45) is 0 Å². The van der Waals surface area contributed by atoms with Gasteiger partial charge in [-0.2, -0.15) is 5.26 Å². The van der Waals surface area contributed by atoms with Gasteiger partial charge >= 0.3 is 0 Å². The molecule has 0 saturated carbocycles. The van der Waals surface area contributed by atoms with Gasteiger partial charge in [0.25, 0.3) is 5.56 Å². The maximum Gasteiger partial charge on any atom is 0.269 e. The van der Waals surface area contributed by atoms with Crippen LogP contribution >= 0.6 is 0 Å². The molecule has 3 rings (SSSR count). The maximum atomic E-state index is 13.0. The van der Waals surface area contributed by atoms with Crippen molar-refractivity contribution in [3.8, 4) is 6.07 Å². The summed E-state index contributed by atoms with van der Waals surface area (Å²) in [5.41, 5.74) is 2.52. The van der Waals surface area contributed by atoms with Gasteiger partial charge in [0.15, 0.2) is 0 Å². The third-order valence-corrected chi connectivity index (χ3v) is 4.43. The second kappa shape index (κ2) is 7.83. The Morgan fingerprint density at radius 1 is 1.19 bits per heavy atom. The van der Waals surface area contributed by atoms with Crippen LogP contribution in [0.25, 0.3) is 11.0 Å². The summed E-state index contributed by atoms with van der Waals surface area (Å²) in [6, 6.07) is 16.5. The number of amides is 1. The van der Waals surface area contributed by atoms with E-state index in [4.69, 9.17) is 5.26 Å². The number of benzene rings is 2. The molecule has 1 aromatic heterocycles. The third kappa shape index (κ3) is 4.04. The highest BCUT2D eigenvalue weighted by Crippen LogP contribution is 2.13. The first kappa shape index (κ1) is 18.3. The number of fused-ring (bicyclic) bond motifs is 1. The molecule has 1 amide bonds. The van der Waals surface area contributed by atoms with E-state index in [0.717, 1.165) is 5.56 Å². The molecule has 0 radical (unpaired) electrons. The van der Waals surface area contributed by atoms with E-state index in [2.05, 4.69) is 11.1 Å². The van der Waals surface area contributed by atoms with Gasteiger partial charge in [-0.3, -0.25) is 14.2 Å². The van der Waals surface area contributed by atoms with E-state index in [-0.39, 0.29) is 24.1 Å². The first-order valence-electron chi connectivity index (χ1n) is 8.72. The molecule has 136 valence electrons. The van der Waals surface area contributed by atoms with Gasteiger partial charge in [0.1, 0.15) is 6.54 Å². The Bertz CT molecular complexity index is 1060. The molecule has 0 N–H and O–H groups in total. The predicted molar refractivity (Wildman–Crippen MR) is 103 cm³/mol. The highest BCUT2D eigenvalue weighted by Gasteiger charge is 2.19. The molecule has 2 aromatic carbocycles. The summed E-state index contributed by atoms with van der Waals surface area (Å²) in [4.78, 5) is 31.1. The number of nitrogens with zero attached hydrogens (tertiary/aromatic N) is 4. The number of carbonyl (C=O) groups is 1. The number of rotatable bonds is 5. The van der Waals surface area contributed by atoms with Crippen molar-refractivity contribution in [1.82, 2.24) is 14.5 Å². The number of hydrogen-bond acceptors (Lipinski definition) is 4. The summed E-state index contributed by atoms with van der Waals surface area (Å²) in [5.74, 6) is -0.146. The Morgan fingerprint density at radius 3 is 2.56 bits per heavy atom. The normalized spacial score (nSPS) is 10.7. The van der Waals surface area contributed by atoms with Crippen LogP contribution in [0, 0.1) is 11.3 Å². The quantitative estimate of drug-likeness (QED) is 0.701. The van der Waals surface area contributed by atoms with E-state index in [1.807, 2.05) is 44.2 Å². The van der Waals surface area contributed by atoms with Gasteiger partial charge in [-0.1, -0.05) is 24.3 Å². The summed E-state index contributed by atoms with van der Waals surface area (Å²) < 4.78 is 1.46. The molecule has 0 aliphatic heterocycles. The van der Waals surface area contributed by atoms with Gasteiger partial charge in [0.05, 0.1) is 28.9 Å². The summed E-state index contributed by atoms with van der Waals surface area (Å²) in [6.45, 7) is 4.25. The fourth-order valence-electron chi connectivity index (χ4n) is 2.94. The zero-order chi connectivity index (χ0) is 19.4. The number of carbonyl (C=O) groups excluding carboxylic acids is 1. The molecule has 0 aliphatic carbocycles. The van der Waals surface area contributed by atoms with E-state index in [0.29, 0.717) is 23.1 Å². The Morgan fingerprint density at radius 2 is 1.89 bits per heavy atom. The molecule has 27 heavy (non-hydrogen) atoms. The Labute approximate surface area is 157 Å². The minimum atomic E-state index is -0.302. The molecule has 0 saturated heterocycles. The lowest BCUT2D eigenvalue weighted by molar-refractivity contribution is -0.134. The van der Waals surface area contributed by atoms with E-state index in [9.17, 15) is 9.59 Å². The van der Waals surface area contributed by atoms with Crippen LogP contribution in [0.4, 0.5) is 0 Å². The zero-order valence-electron chi connectivity index (χ0n) is 15.3. The molecule has 0 unspecified atom stereocenters. The number of aromatic nitrogens is 2. The van der Waals surface area contributed by atoms with Crippen LogP contribution in [0.3, 0.4) is 0 Å². The lowest BCUT2D eigenvalue weighted by Crippen LogP contribution is -2.40. The summed E-state index contributed by atoms with van der Waals surface area (Å²) in [7, 11) is 0. The van der Waals surface area contributed by atoms with Crippen molar-refractivity contribution in [3.63, 3.8) is 0 Å². The van der Waals surface area contributed by atoms with Crippen molar-refractivity contribution in [2.75, 3.05) is 0 Å². The minimum absolute atomic E-state index is 0.0306. The van der Waals surface area contributed by atoms with Crippen LogP contribution in [0.2, 0.25) is 0 Å². The van der Waals surface area contributed by atoms with Crippen molar-refractivity contribution < 1.29 is 4.79 Å². The average molecular weight is 360 g/mol. The first-order chi connectivity index (χ1) is 13.0. The summed E-state index contributed by atoms with van der Waals surface area (Å²) >= 11 is 0. The molecular formula is C21H20N4O2. The molecule has 1 heterocycles. The van der Waals surface area contributed by atoms with E-state index < -0.39 is 0 Å². The Hall–Kier alpha value is -3.46. The van der Waals surface area contributed by atoms with Crippen LogP contribution in [-0.2, 0) is 17.9 Å². The molecule has 0 fully saturated rings. The smallest absolute Gasteiger partial charge is 0.269 e. The van der Waals surface area contributed by atoms with E-state index >= 15 is 0 Å². The van der Waals surface area contributed by atoms with Crippen molar-refractivity contribution in [3.05, 3.63) is 76.2 Å². The molecular weight excluding hydrogens is 340 g/mol. The monoisotopic (exact) mass is 360 g/mol. The lowest BCUT2D eigenvalue weighted by atomic mass is 10.1. The second-order valence-corrected chi connectivity index (χ2v) is 6.60. The van der Waals surface area contributed by atoms with Crippen LogP contribution in [-0.4, -0.2) is 26.4 Å².